The van der Waals surface area contributed by atoms with E-state index in [1.807, 2.05) is 12.1 Å². The lowest BCUT2D eigenvalue weighted by molar-refractivity contribution is 0.189. The van der Waals surface area contributed by atoms with Crippen molar-refractivity contribution in [1.82, 2.24) is 4.90 Å². The number of hydrogen-bond acceptors (Lipinski definition) is 1. The summed E-state index contributed by atoms with van der Waals surface area (Å²) in [6, 6.07) is 10.1. The summed E-state index contributed by atoms with van der Waals surface area (Å²) >= 11 is 5.95. The van der Waals surface area contributed by atoms with Gasteiger partial charge in [0.05, 0.1) is 11.7 Å². The summed E-state index contributed by atoms with van der Waals surface area (Å²) in [7, 11) is 0. The standard InChI is InChI=1S/C19H19ClF2N2O/c20-14-7-5-13(6-8-14)18-4-2-1-3-11-24(18)19(25)23-17-10-9-15(21)12-16(17)22/h5-10,12,18H,1-4,11H2,(H,23,25)/t18-/m0/s1. The number of nitrogens with zero attached hydrogens (tertiary/aromatic N) is 1. The number of likely N-dealkylation sites (tertiary alicyclic amines) is 1. The minimum atomic E-state index is -0.786. The summed E-state index contributed by atoms with van der Waals surface area (Å²) in [5, 5.41) is 3.21. The predicted octanol–water partition coefficient (Wildman–Crippen LogP) is 5.77. The first-order valence-electron chi connectivity index (χ1n) is 8.33. The fourth-order valence-electron chi connectivity index (χ4n) is 3.16. The van der Waals surface area contributed by atoms with E-state index in [9.17, 15) is 13.6 Å². The molecule has 0 aliphatic carbocycles. The Morgan fingerprint density at radius 1 is 1.08 bits per heavy atom. The molecule has 2 aromatic rings. The minimum absolute atomic E-state index is 0.0227. The number of hydrogen-bond donors (Lipinski definition) is 1. The van der Waals surface area contributed by atoms with E-state index in [4.69, 9.17) is 11.6 Å². The minimum Gasteiger partial charge on any atom is -0.317 e. The lowest BCUT2D eigenvalue weighted by Gasteiger charge is -2.30. The Labute approximate surface area is 150 Å². The third-order valence-electron chi connectivity index (χ3n) is 4.44. The monoisotopic (exact) mass is 364 g/mol. The second-order valence-corrected chi connectivity index (χ2v) is 6.60. The Kier molecular flexibility index (Phi) is 5.53. The Hall–Kier alpha value is -2.14. The van der Waals surface area contributed by atoms with Crippen LogP contribution in [0.25, 0.3) is 0 Å². The van der Waals surface area contributed by atoms with Crippen LogP contribution in [-0.4, -0.2) is 17.5 Å². The molecule has 0 spiro atoms. The van der Waals surface area contributed by atoms with Crippen molar-refractivity contribution in [2.75, 3.05) is 11.9 Å². The smallest absolute Gasteiger partial charge is 0.317 e. The van der Waals surface area contributed by atoms with Crippen LogP contribution in [0.2, 0.25) is 5.02 Å². The van der Waals surface area contributed by atoms with Gasteiger partial charge in [-0.2, -0.15) is 0 Å². The number of nitrogens with one attached hydrogen (secondary N) is 1. The lowest BCUT2D eigenvalue weighted by Crippen LogP contribution is -2.38. The highest BCUT2D eigenvalue weighted by Gasteiger charge is 2.27. The summed E-state index contributed by atoms with van der Waals surface area (Å²) in [6.07, 6.45) is 3.78. The first-order chi connectivity index (χ1) is 12.0. The van der Waals surface area contributed by atoms with Crippen molar-refractivity contribution in [1.29, 1.82) is 0 Å². The summed E-state index contributed by atoms with van der Waals surface area (Å²) in [4.78, 5) is 14.5. The maximum absolute atomic E-state index is 13.8. The molecule has 1 N–H and O–H groups in total. The summed E-state index contributed by atoms with van der Waals surface area (Å²) in [5.74, 6) is -1.46. The molecule has 25 heavy (non-hydrogen) atoms. The van der Waals surface area contributed by atoms with E-state index in [0.717, 1.165) is 43.4 Å². The highest BCUT2D eigenvalue weighted by atomic mass is 35.5. The average molecular weight is 365 g/mol. The van der Waals surface area contributed by atoms with Gasteiger partial charge >= 0.3 is 6.03 Å². The van der Waals surface area contributed by atoms with E-state index >= 15 is 0 Å². The zero-order valence-corrected chi connectivity index (χ0v) is 14.4. The molecule has 2 amide bonds. The second-order valence-electron chi connectivity index (χ2n) is 6.16. The van der Waals surface area contributed by atoms with E-state index in [1.165, 1.54) is 6.07 Å². The fourth-order valence-corrected chi connectivity index (χ4v) is 3.29. The Morgan fingerprint density at radius 2 is 1.84 bits per heavy atom. The highest BCUT2D eigenvalue weighted by molar-refractivity contribution is 6.30. The lowest BCUT2D eigenvalue weighted by atomic mass is 10.0. The van der Waals surface area contributed by atoms with Crippen LogP contribution in [0.15, 0.2) is 42.5 Å². The van der Waals surface area contributed by atoms with Crippen LogP contribution in [0.1, 0.15) is 37.3 Å². The van der Waals surface area contributed by atoms with E-state index in [-0.39, 0.29) is 17.8 Å². The molecule has 2 aromatic carbocycles. The van der Waals surface area contributed by atoms with Crippen molar-refractivity contribution < 1.29 is 13.6 Å². The fraction of sp³-hybridized carbons (Fsp3) is 0.316. The van der Waals surface area contributed by atoms with Gasteiger partial charge in [-0.25, -0.2) is 13.6 Å². The van der Waals surface area contributed by atoms with Gasteiger partial charge in [0.15, 0.2) is 0 Å². The average Bonchev–Trinajstić information content (AvgIpc) is 2.84. The van der Waals surface area contributed by atoms with Crippen molar-refractivity contribution in [2.45, 2.75) is 31.7 Å². The van der Waals surface area contributed by atoms with Gasteiger partial charge < -0.3 is 10.2 Å². The van der Waals surface area contributed by atoms with E-state index < -0.39 is 11.6 Å². The molecule has 0 aromatic heterocycles. The number of benzene rings is 2. The normalized spacial score (nSPS) is 17.9. The highest BCUT2D eigenvalue weighted by Crippen LogP contribution is 2.31. The van der Waals surface area contributed by atoms with Gasteiger partial charge in [0, 0.05) is 17.6 Å². The van der Waals surface area contributed by atoms with Crippen LogP contribution in [0.3, 0.4) is 0 Å². The predicted molar refractivity (Wildman–Crippen MR) is 94.7 cm³/mol. The van der Waals surface area contributed by atoms with Crippen molar-refractivity contribution in [3.05, 3.63) is 64.7 Å². The molecule has 0 bridgehead atoms. The van der Waals surface area contributed by atoms with Crippen molar-refractivity contribution in [2.24, 2.45) is 0 Å². The molecule has 1 heterocycles. The number of carbonyl (C=O) groups is 1. The van der Waals surface area contributed by atoms with E-state index in [0.29, 0.717) is 11.6 Å². The molecular formula is C19H19ClF2N2O. The van der Waals surface area contributed by atoms with Crippen LogP contribution >= 0.6 is 11.6 Å². The van der Waals surface area contributed by atoms with Gasteiger partial charge in [-0.3, -0.25) is 0 Å². The molecule has 0 radical (unpaired) electrons. The molecule has 3 nitrogen and oxygen atoms in total. The maximum Gasteiger partial charge on any atom is 0.322 e. The van der Waals surface area contributed by atoms with E-state index in [1.54, 1.807) is 17.0 Å². The van der Waals surface area contributed by atoms with Crippen LogP contribution in [0, 0.1) is 11.6 Å². The number of urea groups is 1. The van der Waals surface area contributed by atoms with Crippen molar-refractivity contribution in [3.8, 4) is 0 Å². The largest absolute Gasteiger partial charge is 0.322 e. The molecule has 1 fully saturated rings. The Bertz CT molecular complexity index is 752. The van der Waals surface area contributed by atoms with Gasteiger partial charge in [0.25, 0.3) is 0 Å². The second kappa shape index (κ2) is 7.83. The zero-order chi connectivity index (χ0) is 17.8. The third-order valence-corrected chi connectivity index (χ3v) is 4.69. The summed E-state index contributed by atoms with van der Waals surface area (Å²) in [6.45, 7) is 0.585. The van der Waals surface area contributed by atoms with Crippen molar-refractivity contribution >= 4 is 23.3 Å². The van der Waals surface area contributed by atoms with Crippen LogP contribution in [0.5, 0.6) is 0 Å². The van der Waals surface area contributed by atoms with Gasteiger partial charge in [-0.1, -0.05) is 36.6 Å². The Balaban J connectivity index is 1.82. The molecule has 0 unspecified atom stereocenters. The molecular weight excluding hydrogens is 346 g/mol. The molecule has 1 aliphatic rings. The molecule has 6 heteroatoms. The van der Waals surface area contributed by atoms with Crippen LogP contribution in [0.4, 0.5) is 19.3 Å². The molecule has 1 atom stereocenters. The van der Waals surface area contributed by atoms with Crippen LogP contribution < -0.4 is 5.32 Å². The molecule has 3 rings (SSSR count). The zero-order valence-electron chi connectivity index (χ0n) is 13.6. The summed E-state index contributed by atoms with van der Waals surface area (Å²) in [5.41, 5.74) is 0.978. The van der Waals surface area contributed by atoms with Crippen molar-refractivity contribution in [3.63, 3.8) is 0 Å². The molecule has 132 valence electrons. The van der Waals surface area contributed by atoms with Gasteiger partial charge in [-0.05, 0) is 42.7 Å². The molecule has 0 saturated carbocycles. The first-order valence-corrected chi connectivity index (χ1v) is 8.70. The summed E-state index contributed by atoms with van der Waals surface area (Å²) < 4.78 is 26.9. The van der Waals surface area contributed by atoms with Gasteiger partial charge in [-0.15, -0.1) is 0 Å². The van der Waals surface area contributed by atoms with Crippen LogP contribution in [-0.2, 0) is 0 Å². The molecule has 1 saturated heterocycles. The Morgan fingerprint density at radius 3 is 2.56 bits per heavy atom. The number of anilines is 1. The number of rotatable bonds is 2. The number of amides is 2. The quantitative estimate of drug-likeness (QED) is 0.721. The van der Waals surface area contributed by atoms with Gasteiger partial charge in [0.2, 0.25) is 0 Å². The maximum atomic E-state index is 13.8. The van der Waals surface area contributed by atoms with Gasteiger partial charge in [0.1, 0.15) is 11.6 Å². The topological polar surface area (TPSA) is 32.3 Å². The number of carbonyl (C=O) groups excluding carboxylic acids is 1. The van der Waals surface area contributed by atoms with E-state index in [2.05, 4.69) is 5.32 Å². The first kappa shape index (κ1) is 17.7. The number of halogens is 3. The molecule has 1 aliphatic heterocycles. The third kappa shape index (κ3) is 4.28. The SMILES string of the molecule is O=C(Nc1ccc(F)cc1F)N1CCCCC[C@H]1c1ccc(Cl)cc1.